The summed E-state index contributed by atoms with van der Waals surface area (Å²) in [6.07, 6.45) is 0. The second-order valence-electron chi connectivity index (χ2n) is 4.64. The molecule has 1 unspecified atom stereocenters. The van der Waals surface area contributed by atoms with E-state index in [1.807, 2.05) is 49.4 Å². The average Bonchev–Trinajstić information content (AvgIpc) is 2.41. The van der Waals surface area contributed by atoms with Crippen molar-refractivity contribution in [1.29, 1.82) is 0 Å². The molecule has 0 spiro atoms. The van der Waals surface area contributed by atoms with E-state index in [2.05, 4.69) is 0 Å². The Balaban J connectivity index is 1.80. The molecule has 0 amide bonds. The molecule has 0 bridgehead atoms. The van der Waals surface area contributed by atoms with E-state index in [9.17, 15) is 4.21 Å². The lowest BCUT2D eigenvalue weighted by molar-refractivity contribution is 0.343. The van der Waals surface area contributed by atoms with E-state index in [0.717, 1.165) is 11.3 Å². The monoisotopic (exact) mass is 289 g/mol. The third kappa shape index (κ3) is 4.38. The number of nitrogen functional groups attached to an aromatic ring is 1. The number of hydrogen-bond donors (Lipinski definition) is 1. The minimum atomic E-state index is -0.917. The molecule has 2 rings (SSSR count). The van der Waals surface area contributed by atoms with Gasteiger partial charge in [-0.25, -0.2) is 0 Å². The number of rotatable bonds is 6. The minimum Gasteiger partial charge on any atom is -0.493 e. The lowest BCUT2D eigenvalue weighted by Crippen LogP contribution is -2.10. The summed E-state index contributed by atoms with van der Waals surface area (Å²) in [5.74, 6) is 1.81. The fourth-order valence-electron chi connectivity index (χ4n) is 1.87. The Hall–Kier alpha value is -1.81. The highest BCUT2D eigenvalue weighted by molar-refractivity contribution is 7.84. The van der Waals surface area contributed by atoms with Gasteiger partial charge < -0.3 is 10.5 Å². The van der Waals surface area contributed by atoms with Crippen LogP contribution in [0.1, 0.15) is 11.1 Å². The van der Waals surface area contributed by atoms with Crippen molar-refractivity contribution in [3.05, 3.63) is 59.7 Å². The molecule has 2 N–H and O–H groups in total. The van der Waals surface area contributed by atoms with Crippen molar-refractivity contribution >= 4 is 16.5 Å². The van der Waals surface area contributed by atoms with Crippen molar-refractivity contribution < 1.29 is 8.95 Å². The Morgan fingerprint density at radius 1 is 1.15 bits per heavy atom. The molecule has 106 valence electrons. The lowest BCUT2D eigenvalue weighted by atomic mass is 10.1. The summed E-state index contributed by atoms with van der Waals surface area (Å²) in [4.78, 5) is 0. The molecule has 0 aliphatic rings. The molecule has 0 radical (unpaired) electrons. The fourth-order valence-corrected chi connectivity index (χ4v) is 2.96. The van der Waals surface area contributed by atoms with E-state index in [0.29, 0.717) is 23.8 Å². The van der Waals surface area contributed by atoms with Gasteiger partial charge in [-0.2, -0.15) is 0 Å². The molecular formula is C16H19NO2S. The average molecular weight is 289 g/mol. The van der Waals surface area contributed by atoms with Crippen LogP contribution in [0.5, 0.6) is 5.75 Å². The second-order valence-corrected chi connectivity index (χ2v) is 6.21. The molecule has 0 aliphatic heterocycles. The van der Waals surface area contributed by atoms with Crippen LogP contribution >= 0.6 is 0 Å². The van der Waals surface area contributed by atoms with Crippen molar-refractivity contribution in [3.8, 4) is 5.75 Å². The highest BCUT2D eigenvalue weighted by Crippen LogP contribution is 2.14. The standard InChI is InChI=1S/C16H19NO2S/c1-13-5-2-3-6-14(13)12-20(18)10-9-19-16-8-4-7-15(17)11-16/h2-8,11H,9-10,12,17H2,1H3. The largest absolute Gasteiger partial charge is 0.493 e. The van der Waals surface area contributed by atoms with Crippen molar-refractivity contribution in [2.75, 3.05) is 18.1 Å². The quantitative estimate of drug-likeness (QED) is 0.832. The van der Waals surface area contributed by atoms with Gasteiger partial charge in [0, 0.05) is 28.3 Å². The number of benzene rings is 2. The predicted octanol–water partition coefficient (Wildman–Crippen LogP) is 2.90. The predicted molar refractivity (Wildman–Crippen MR) is 84.2 cm³/mol. The first-order valence-electron chi connectivity index (χ1n) is 6.53. The van der Waals surface area contributed by atoms with Gasteiger partial charge in [0.1, 0.15) is 5.75 Å². The van der Waals surface area contributed by atoms with Crippen LogP contribution in [0.15, 0.2) is 48.5 Å². The van der Waals surface area contributed by atoms with E-state index in [1.54, 1.807) is 6.07 Å². The van der Waals surface area contributed by atoms with Crippen molar-refractivity contribution in [3.63, 3.8) is 0 Å². The summed E-state index contributed by atoms with van der Waals surface area (Å²) in [5.41, 5.74) is 8.65. The zero-order valence-corrected chi connectivity index (χ0v) is 12.4. The van der Waals surface area contributed by atoms with Gasteiger partial charge in [0.25, 0.3) is 0 Å². The van der Waals surface area contributed by atoms with E-state index >= 15 is 0 Å². The lowest BCUT2D eigenvalue weighted by Gasteiger charge is -2.08. The highest BCUT2D eigenvalue weighted by atomic mass is 32.2. The summed E-state index contributed by atoms with van der Waals surface area (Å²) in [6.45, 7) is 2.47. The molecule has 0 fully saturated rings. The minimum absolute atomic E-state index is 0.432. The van der Waals surface area contributed by atoms with Gasteiger partial charge in [0.2, 0.25) is 0 Å². The van der Waals surface area contributed by atoms with Crippen LogP contribution in [-0.2, 0) is 16.6 Å². The molecule has 0 heterocycles. The SMILES string of the molecule is Cc1ccccc1CS(=O)CCOc1cccc(N)c1. The highest BCUT2D eigenvalue weighted by Gasteiger charge is 2.04. The van der Waals surface area contributed by atoms with Gasteiger partial charge in [-0.3, -0.25) is 4.21 Å². The van der Waals surface area contributed by atoms with Crippen LogP contribution in [0, 0.1) is 6.92 Å². The molecule has 0 aliphatic carbocycles. The summed E-state index contributed by atoms with van der Waals surface area (Å²) in [5, 5.41) is 0. The fraction of sp³-hybridized carbons (Fsp3) is 0.250. The van der Waals surface area contributed by atoms with Crippen LogP contribution in [0.4, 0.5) is 5.69 Å². The number of ether oxygens (including phenoxy) is 1. The summed E-state index contributed by atoms with van der Waals surface area (Å²) in [7, 11) is -0.917. The summed E-state index contributed by atoms with van der Waals surface area (Å²) >= 11 is 0. The van der Waals surface area contributed by atoms with E-state index in [-0.39, 0.29) is 0 Å². The molecular weight excluding hydrogens is 270 g/mol. The number of anilines is 1. The van der Waals surface area contributed by atoms with Gasteiger partial charge in [-0.05, 0) is 30.2 Å². The topological polar surface area (TPSA) is 52.3 Å². The maximum Gasteiger partial charge on any atom is 0.121 e. The summed E-state index contributed by atoms with van der Waals surface area (Å²) < 4.78 is 17.6. The molecule has 3 nitrogen and oxygen atoms in total. The maximum absolute atomic E-state index is 12.0. The van der Waals surface area contributed by atoms with Crippen molar-refractivity contribution in [2.24, 2.45) is 0 Å². The second kappa shape index (κ2) is 7.10. The number of nitrogens with two attached hydrogens (primary N) is 1. The van der Waals surface area contributed by atoms with E-state index < -0.39 is 10.8 Å². The first-order valence-corrected chi connectivity index (χ1v) is 8.02. The third-order valence-corrected chi connectivity index (χ3v) is 4.27. The maximum atomic E-state index is 12.0. The van der Waals surface area contributed by atoms with Crippen molar-refractivity contribution in [2.45, 2.75) is 12.7 Å². The summed E-state index contributed by atoms with van der Waals surface area (Å²) in [6, 6.07) is 15.3. The van der Waals surface area contributed by atoms with Crippen LogP contribution in [-0.4, -0.2) is 16.6 Å². The Morgan fingerprint density at radius 2 is 1.95 bits per heavy atom. The molecule has 0 aromatic heterocycles. The van der Waals surface area contributed by atoms with Crippen molar-refractivity contribution in [1.82, 2.24) is 0 Å². The Labute approximate surface area is 122 Å². The Kier molecular flexibility index (Phi) is 5.18. The molecule has 2 aromatic carbocycles. The normalized spacial score (nSPS) is 12.1. The molecule has 0 saturated carbocycles. The Morgan fingerprint density at radius 3 is 2.70 bits per heavy atom. The molecule has 2 aromatic rings. The van der Waals surface area contributed by atoms with Gasteiger partial charge in [0.15, 0.2) is 0 Å². The van der Waals surface area contributed by atoms with Crippen LogP contribution in [0.2, 0.25) is 0 Å². The van der Waals surface area contributed by atoms with Gasteiger partial charge in [-0.15, -0.1) is 0 Å². The molecule has 1 atom stereocenters. The molecule has 20 heavy (non-hydrogen) atoms. The third-order valence-electron chi connectivity index (χ3n) is 3.02. The smallest absolute Gasteiger partial charge is 0.121 e. The van der Waals surface area contributed by atoms with Gasteiger partial charge in [0.05, 0.1) is 12.4 Å². The van der Waals surface area contributed by atoms with Crippen LogP contribution in [0.25, 0.3) is 0 Å². The zero-order valence-electron chi connectivity index (χ0n) is 11.5. The Bertz CT molecular complexity index is 599. The first-order chi connectivity index (χ1) is 9.65. The first kappa shape index (κ1) is 14.6. The zero-order chi connectivity index (χ0) is 14.4. The van der Waals surface area contributed by atoms with Crippen LogP contribution in [0.3, 0.4) is 0 Å². The number of aryl methyl sites for hydroxylation is 1. The van der Waals surface area contributed by atoms with E-state index in [1.165, 1.54) is 5.56 Å². The molecule has 4 heteroatoms. The van der Waals surface area contributed by atoms with E-state index in [4.69, 9.17) is 10.5 Å². The number of hydrogen-bond acceptors (Lipinski definition) is 3. The van der Waals surface area contributed by atoms with Crippen LogP contribution < -0.4 is 10.5 Å². The molecule has 0 saturated heterocycles. The van der Waals surface area contributed by atoms with Gasteiger partial charge in [-0.1, -0.05) is 30.3 Å². The van der Waals surface area contributed by atoms with Gasteiger partial charge >= 0.3 is 0 Å².